The third-order valence-corrected chi connectivity index (χ3v) is 14.2. The molecule has 2 fully saturated rings. The molecule has 9 heterocycles. The van der Waals surface area contributed by atoms with Crippen molar-refractivity contribution in [3.8, 4) is 28.7 Å². The number of esters is 2. The van der Waals surface area contributed by atoms with Crippen molar-refractivity contribution in [1.82, 2.24) is 15.1 Å². The number of hydrogen-bond donors (Lipinski definition) is 4. The lowest BCUT2D eigenvalue weighted by atomic mass is 9.78. The topological polar surface area (TPSA) is 178 Å². The molecule has 56 heavy (non-hydrogen) atoms. The van der Waals surface area contributed by atoms with E-state index in [1.54, 1.807) is 0 Å². The van der Waals surface area contributed by atoms with Crippen molar-refractivity contribution in [2.24, 2.45) is 5.73 Å². The van der Waals surface area contributed by atoms with Gasteiger partial charge in [0.25, 0.3) is 0 Å². The maximum Gasteiger partial charge on any atom is 0.335 e. The number of nitrogens with zero attached hydrogens (tertiary/aromatic N) is 2. The number of furan rings is 1. The van der Waals surface area contributed by atoms with E-state index in [1.807, 2.05) is 51.2 Å². The number of phenols is 1. The fraction of sp³-hybridized carbons (Fsp3) is 0.463. The minimum atomic E-state index is -1.52. The maximum absolute atomic E-state index is 15.0. The van der Waals surface area contributed by atoms with E-state index >= 15 is 0 Å². The Hall–Kier alpha value is -4.51. The number of benzene rings is 3. The number of carbonyl (C=O) groups is 2. The van der Waals surface area contributed by atoms with E-state index < -0.39 is 46.6 Å². The number of rotatable bonds is 3. The smallest absolute Gasteiger partial charge is 0.335 e. The summed E-state index contributed by atoms with van der Waals surface area (Å²) in [4.78, 5) is 32.1. The molecule has 0 radical (unpaired) electrons. The van der Waals surface area contributed by atoms with E-state index in [4.69, 9.17) is 33.8 Å². The van der Waals surface area contributed by atoms with Crippen molar-refractivity contribution in [1.29, 1.82) is 0 Å². The second-order valence-corrected chi connectivity index (χ2v) is 17.1. The van der Waals surface area contributed by atoms with Crippen molar-refractivity contribution in [2.45, 2.75) is 74.3 Å². The van der Waals surface area contributed by atoms with Crippen LogP contribution in [0.1, 0.15) is 69.0 Å². The zero-order valence-corrected chi connectivity index (χ0v) is 32.6. The van der Waals surface area contributed by atoms with E-state index in [2.05, 4.69) is 15.1 Å². The summed E-state index contributed by atoms with van der Waals surface area (Å²) in [6.07, 6.45) is 0.730. The van der Waals surface area contributed by atoms with Gasteiger partial charge in [0, 0.05) is 77.5 Å². The number of likely N-dealkylation sites (N-methyl/N-ethyl adjacent to an activating group) is 1. The highest BCUT2D eigenvalue weighted by Gasteiger charge is 2.64. The van der Waals surface area contributed by atoms with Gasteiger partial charge in [0.15, 0.2) is 28.5 Å². The van der Waals surface area contributed by atoms with Gasteiger partial charge >= 0.3 is 11.9 Å². The minimum absolute atomic E-state index is 0.0141. The van der Waals surface area contributed by atoms with Crippen molar-refractivity contribution >= 4 is 34.7 Å². The van der Waals surface area contributed by atoms with Gasteiger partial charge in [0.2, 0.25) is 6.79 Å². The summed E-state index contributed by atoms with van der Waals surface area (Å²) in [5.74, 6) is 1.17. The largest absolute Gasteiger partial charge is 0.504 e. The molecule has 14 nitrogen and oxygen atoms in total. The number of nitrogens with two attached hydrogens (primary N) is 1. The van der Waals surface area contributed by atoms with Gasteiger partial charge in [-0.3, -0.25) is 19.9 Å². The highest BCUT2D eigenvalue weighted by Crippen LogP contribution is 2.65. The quantitative estimate of drug-likeness (QED) is 0.174. The Labute approximate surface area is 327 Å². The van der Waals surface area contributed by atoms with Gasteiger partial charge < -0.3 is 44.0 Å². The van der Waals surface area contributed by atoms with Gasteiger partial charge in [0.1, 0.15) is 29.4 Å². The molecule has 12 rings (SSSR count). The number of hydrogen-bond acceptors (Lipinski definition) is 15. The zero-order valence-electron chi connectivity index (χ0n) is 31.8. The number of methoxy groups -OCH3 is 1. The average molecular weight is 785 g/mol. The Kier molecular flexibility index (Phi) is 8.00. The van der Waals surface area contributed by atoms with E-state index in [0.717, 1.165) is 22.1 Å². The lowest BCUT2D eigenvalue weighted by Crippen LogP contribution is -2.70. The second kappa shape index (κ2) is 12.5. The van der Waals surface area contributed by atoms with E-state index in [1.165, 1.54) is 25.8 Å². The lowest BCUT2D eigenvalue weighted by Gasteiger charge is -2.60. The Bertz CT molecular complexity index is 2370. The third kappa shape index (κ3) is 4.75. The fourth-order valence-corrected chi connectivity index (χ4v) is 12.3. The van der Waals surface area contributed by atoms with Crippen LogP contribution in [-0.4, -0.2) is 96.2 Å². The fourth-order valence-electron chi connectivity index (χ4n) is 10.7. The summed E-state index contributed by atoms with van der Waals surface area (Å²) in [5, 5.41) is 29.2. The molecule has 0 amide bonds. The predicted octanol–water partition coefficient (Wildman–Crippen LogP) is 3.77. The SMILES string of the molecule is COc1c(C)cc2c(c1O)[C@H]1[C@@H]3[C@@H]4SC[C@]5(N[C@@H](CN)Cc6c5oc5ccccc65)C(=O)OC[C@@H](c5c6c(c(C)c(OC(C)=O)c54)OCO6)N3C(O)(C2)CN1C. The van der Waals surface area contributed by atoms with Crippen LogP contribution >= 0.6 is 11.8 Å². The molecule has 8 aliphatic heterocycles. The number of nitrogens with one attached hydrogen (secondary N) is 1. The van der Waals surface area contributed by atoms with Crippen LogP contribution in [0.4, 0.5) is 0 Å². The first-order valence-electron chi connectivity index (χ1n) is 18.9. The molecule has 5 N–H and O–H groups in total. The van der Waals surface area contributed by atoms with Crippen LogP contribution < -0.4 is 30.0 Å². The third-order valence-electron chi connectivity index (χ3n) is 12.7. The van der Waals surface area contributed by atoms with Crippen LogP contribution in [0.25, 0.3) is 11.0 Å². The molecule has 3 aromatic carbocycles. The number of aryl methyl sites for hydroxylation is 1. The molecule has 8 aliphatic rings. The maximum atomic E-state index is 15.0. The number of fused-ring (bicyclic) bond motifs is 8. The highest BCUT2D eigenvalue weighted by molar-refractivity contribution is 7.99. The second-order valence-electron chi connectivity index (χ2n) is 15.9. The molecule has 0 aliphatic carbocycles. The van der Waals surface area contributed by atoms with Crippen LogP contribution in [0.3, 0.4) is 0 Å². The summed E-state index contributed by atoms with van der Waals surface area (Å²) in [7, 11) is 3.48. The summed E-state index contributed by atoms with van der Waals surface area (Å²) in [6, 6.07) is 7.56. The number of thioether (sulfide) groups is 1. The number of para-hydroxylation sites is 1. The Balaban J connectivity index is 1.26. The summed E-state index contributed by atoms with van der Waals surface area (Å²) < 4.78 is 37.3. The number of aromatic hydroxyl groups is 1. The van der Waals surface area contributed by atoms with Crippen LogP contribution in [0.15, 0.2) is 34.7 Å². The van der Waals surface area contributed by atoms with Crippen molar-refractivity contribution in [3.63, 3.8) is 0 Å². The summed E-state index contributed by atoms with van der Waals surface area (Å²) in [6.45, 7) is 5.29. The Morgan fingerprint density at radius 2 is 1.91 bits per heavy atom. The van der Waals surface area contributed by atoms with Crippen LogP contribution in [0, 0.1) is 13.8 Å². The molecular formula is C41H44N4O10S. The first kappa shape index (κ1) is 35.9. The van der Waals surface area contributed by atoms with Crippen molar-refractivity contribution in [3.05, 3.63) is 75.0 Å². The Morgan fingerprint density at radius 1 is 1.12 bits per heavy atom. The molecule has 4 bridgehead atoms. The summed E-state index contributed by atoms with van der Waals surface area (Å²) >= 11 is 1.48. The average Bonchev–Trinajstić information content (AvgIpc) is 3.76. The minimum Gasteiger partial charge on any atom is -0.504 e. The molecule has 4 aromatic rings. The standard InChI is InChI=1S/C41H44N4O10S/c1-18-10-21-12-40(49)15-44(4)30(27(21)32(47)33(18)50-5)31-37-29-28(36-35(52-17-53-36)19(2)34(29)54-20(3)46)25(45(31)40)14-51-39(48)41(16-56-37)38-24(11-22(13-42)43-41)23-8-6-7-9-26(23)55-38/h6-10,22,25,30-31,37,43,47,49H,11-17,42H2,1-5H3/t22-,25+,30+,31-,37-,40?,41-/m1/s1. The molecule has 2 unspecified atom stereocenters. The zero-order chi connectivity index (χ0) is 39.0. The van der Waals surface area contributed by atoms with E-state index in [9.17, 15) is 19.8 Å². The van der Waals surface area contributed by atoms with Gasteiger partial charge in [-0.2, -0.15) is 0 Å². The monoisotopic (exact) mass is 784 g/mol. The van der Waals surface area contributed by atoms with Crippen molar-refractivity contribution < 1.29 is 47.9 Å². The normalized spacial score (nSPS) is 31.3. The molecule has 0 saturated carbocycles. The molecule has 294 valence electrons. The van der Waals surface area contributed by atoms with Gasteiger partial charge in [-0.25, -0.2) is 4.79 Å². The number of piperazine rings is 1. The van der Waals surface area contributed by atoms with Gasteiger partial charge in [-0.05, 0) is 44.5 Å². The van der Waals surface area contributed by atoms with Crippen LogP contribution in [0.2, 0.25) is 0 Å². The van der Waals surface area contributed by atoms with Gasteiger partial charge in [-0.1, -0.05) is 24.3 Å². The molecule has 2 saturated heterocycles. The van der Waals surface area contributed by atoms with Crippen molar-refractivity contribution in [2.75, 3.05) is 46.4 Å². The Morgan fingerprint density at radius 3 is 2.68 bits per heavy atom. The predicted molar refractivity (Wildman–Crippen MR) is 204 cm³/mol. The number of ether oxygens (including phenoxy) is 5. The summed E-state index contributed by atoms with van der Waals surface area (Å²) in [5.41, 5.74) is 9.04. The molecule has 1 aromatic heterocycles. The molecule has 1 spiro atoms. The van der Waals surface area contributed by atoms with E-state index in [-0.39, 0.29) is 50.5 Å². The molecule has 8 atom stereocenters. The first-order chi connectivity index (χ1) is 26.9. The highest BCUT2D eigenvalue weighted by atomic mass is 32.2. The number of carbonyl (C=O) groups excluding carboxylic acids is 2. The number of aliphatic hydroxyl groups is 1. The molecular weight excluding hydrogens is 741 g/mol. The number of phenolic OH excluding ortho intramolecular Hbond substituents is 1. The van der Waals surface area contributed by atoms with Gasteiger partial charge in [0.05, 0.1) is 24.4 Å². The first-order valence-corrected chi connectivity index (χ1v) is 20.0. The van der Waals surface area contributed by atoms with E-state index in [0.29, 0.717) is 63.0 Å². The van der Waals surface area contributed by atoms with Crippen LogP contribution in [0.5, 0.6) is 28.7 Å². The molecule has 15 heteroatoms. The van der Waals surface area contributed by atoms with Crippen LogP contribution in [-0.2, 0) is 32.7 Å². The van der Waals surface area contributed by atoms with Gasteiger partial charge in [-0.15, -0.1) is 11.8 Å². The lowest BCUT2D eigenvalue weighted by molar-refractivity contribution is -0.215.